The Bertz CT molecular complexity index is 721. The van der Waals surface area contributed by atoms with Gasteiger partial charge in [-0.05, 0) is 45.9 Å². The molecule has 114 valence electrons. The standard InChI is InChI=1S/C15H20N2O4/c1-9(13(18)21-15(2,3)4)16-10-6-7-12-11(8-10)17(5)14(19)20-12/h6-9,16H,1-5H3. The molecule has 2 aromatic rings. The van der Waals surface area contributed by atoms with Crippen molar-refractivity contribution in [2.45, 2.75) is 39.3 Å². The first kappa shape index (κ1) is 15.2. The molecule has 1 aromatic heterocycles. The fraction of sp³-hybridized carbons (Fsp3) is 0.467. The number of hydrogen-bond acceptors (Lipinski definition) is 5. The van der Waals surface area contributed by atoms with E-state index in [2.05, 4.69) is 5.32 Å². The van der Waals surface area contributed by atoms with Gasteiger partial charge in [0.1, 0.15) is 11.6 Å². The summed E-state index contributed by atoms with van der Waals surface area (Å²) in [5.41, 5.74) is 1.38. The van der Waals surface area contributed by atoms with Gasteiger partial charge in [-0.15, -0.1) is 0 Å². The Kier molecular flexibility index (Phi) is 3.80. The first-order valence-electron chi connectivity index (χ1n) is 6.76. The molecule has 0 aliphatic rings. The van der Waals surface area contributed by atoms with E-state index in [1.165, 1.54) is 4.57 Å². The van der Waals surface area contributed by atoms with Crippen molar-refractivity contribution in [3.05, 3.63) is 28.7 Å². The molecule has 0 bridgehead atoms. The summed E-state index contributed by atoms with van der Waals surface area (Å²) in [6.45, 7) is 7.20. The molecule has 6 heteroatoms. The molecule has 1 aromatic carbocycles. The van der Waals surface area contributed by atoms with E-state index in [0.29, 0.717) is 11.1 Å². The van der Waals surface area contributed by atoms with Crippen molar-refractivity contribution in [1.29, 1.82) is 0 Å². The molecule has 0 saturated heterocycles. The minimum atomic E-state index is -0.522. The number of aromatic nitrogens is 1. The largest absolute Gasteiger partial charge is 0.458 e. The number of nitrogens with zero attached hydrogens (tertiary/aromatic N) is 1. The van der Waals surface area contributed by atoms with E-state index in [9.17, 15) is 9.59 Å². The molecule has 1 atom stereocenters. The fourth-order valence-electron chi connectivity index (χ4n) is 1.92. The van der Waals surface area contributed by atoms with Gasteiger partial charge in [0.05, 0.1) is 5.52 Å². The summed E-state index contributed by atoms with van der Waals surface area (Å²) >= 11 is 0. The second-order valence-corrected chi connectivity index (χ2v) is 6.01. The SMILES string of the molecule is CC(Nc1ccc2oc(=O)n(C)c2c1)C(=O)OC(C)(C)C. The Morgan fingerprint density at radius 2 is 2.05 bits per heavy atom. The molecular formula is C15H20N2O4. The summed E-state index contributed by atoms with van der Waals surface area (Å²) in [6, 6.07) is 4.72. The average molecular weight is 292 g/mol. The van der Waals surface area contributed by atoms with Crippen LogP contribution in [0.15, 0.2) is 27.4 Å². The van der Waals surface area contributed by atoms with Gasteiger partial charge in [-0.2, -0.15) is 0 Å². The third-order valence-electron chi connectivity index (χ3n) is 2.93. The Labute approximate surface area is 122 Å². The van der Waals surface area contributed by atoms with Gasteiger partial charge in [0.25, 0.3) is 0 Å². The van der Waals surface area contributed by atoms with Crippen LogP contribution in [0.1, 0.15) is 27.7 Å². The Morgan fingerprint density at radius 3 is 2.67 bits per heavy atom. The number of carbonyl (C=O) groups excluding carboxylic acids is 1. The number of benzene rings is 1. The molecule has 0 amide bonds. The van der Waals surface area contributed by atoms with Gasteiger partial charge in [-0.1, -0.05) is 0 Å². The summed E-state index contributed by atoms with van der Waals surface area (Å²) in [6.07, 6.45) is 0. The highest BCUT2D eigenvalue weighted by molar-refractivity contribution is 5.82. The third kappa shape index (κ3) is 3.45. The van der Waals surface area contributed by atoms with Gasteiger partial charge >= 0.3 is 11.7 Å². The second kappa shape index (κ2) is 5.27. The lowest BCUT2D eigenvalue weighted by Gasteiger charge is -2.23. The van der Waals surface area contributed by atoms with Crippen molar-refractivity contribution in [3.8, 4) is 0 Å². The number of esters is 1. The van der Waals surface area contributed by atoms with Crippen LogP contribution >= 0.6 is 0 Å². The smallest absolute Gasteiger partial charge is 0.419 e. The number of aryl methyl sites for hydroxylation is 1. The number of ether oxygens (including phenoxy) is 1. The molecule has 0 aliphatic heterocycles. The van der Waals surface area contributed by atoms with Gasteiger partial charge in [-0.25, -0.2) is 9.59 Å². The molecule has 21 heavy (non-hydrogen) atoms. The molecule has 6 nitrogen and oxygen atoms in total. The van der Waals surface area contributed by atoms with Crippen LogP contribution in [0.3, 0.4) is 0 Å². The maximum absolute atomic E-state index is 11.9. The maximum Gasteiger partial charge on any atom is 0.419 e. The lowest BCUT2D eigenvalue weighted by molar-refractivity contribution is -0.155. The highest BCUT2D eigenvalue weighted by Crippen LogP contribution is 2.19. The number of hydrogen-bond donors (Lipinski definition) is 1. The van der Waals surface area contributed by atoms with Crippen LogP contribution < -0.4 is 11.1 Å². The number of fused-ring (bicyclic) bond motifs is 1. The Morgan fingerprint density at radius 1 is 1.38 bits per heavy atom. The molecule has 1 heterocycles. The van der Waals surface area contributed by atoms with Crippen LogP contribution in [0.5, 0.6) is 0 Å². The van der Waals surface area contributed by atoms with Crippen molar-refractivity contribution in [3.63, 3.8) is 0 Å². The number of rotatable bonds is 3. The fourth-order valence-corrected chi connectivity index (χ4v) is 1.92. The number of nitrogens with one attached hydrogen (secondary N) is 1. The minimum Gasteiger partial charge on any atom is -0.458 e. The van der Waals surface area contributed by atoms with E-state index in [-0.39, 0.29) is 5.97 Å². The predicted octanol–water partition coefficient (Wildman–Crippen LogP) is 2.27. The zero-order chi connectivity index (χ0) is 15.8. The summed E-state index contributed by atoms with van der Waals surface area (Å²) < 4.78 is 11.8. The van der Waals surface area contributed by atoms with E-state index in [1.807, 2.05) is 20.8 Å². The normalized spacial score (nSPS) is 13.2. The molecule has 0 fully saturated rings. The third-order valence-corrected chi connectivity index (χ3v) is 2.93. The van der Waals surface area contributed by atoms with Gasteiger partial charge in [0.15, 0.2) is 5.58 Å². The van der Waals surface area contributed by atoms with Crippen LogP contribution in [-0.4, -0.2) is 22.2 Å². The topological polar surface area (TPSA) is 73.5 Å². The van der Waals surface area contributed by atoms with Gasteiger partial charge in [0, 0.05) is 12.7 Å². The Hall–Kier alpha value is -2.24. The quantitative estimate of drug-likeness (QED) is 0.878. The van der Waals surface area contributed by atoms with Gasteiger partial charge in [-0.3, -0.25) is 4.57 Å². The molecule has 0 spiro atoms. The maximum atomic E-state index is 11.9. The van der Waals surface area contributed by atoms with Gasteiger partial charge < -0.3 is 14.5 Å². The highest BCUT2D eigenvalue weighted by Gasteiger charge is 2.21. The summed E-state index contributed by atoms with van der Waals surface area (Å²) in [5, 5.41) is 3.06. The van der Waals surface area contributed by atoms with Crippen LogP contribution in [0.4, 0.5) is 5.69 Å². The summed E-state index contributed by atoms with van der Waals surface area (Å²) in [5.74, 6) is -0.744. The lowest BCUT2D eigenvalue weighted by atomic mass is 10.2. The van der Waals surface area contributed by atoms with Crippen molar-refractivity contribution in [2.75, 3.05) is 5.32 Å². The van der Waals surface area contributed by atoms with Crippen molar-refractivity contribution in [2.24, 2.45) is 7.05 Å². The molecule has 2 rings (SSSR count). The number of oxazole rings is 1. The van der Waals surface area contributed by atoms with E-state index in [4.69, 9.17) is 9.15 Å². The van der Waals surface area contributed by atoms with E-state index < -0.39 is 17.4 Å². The highest BCUT2D eigenvalue weighted by atomic mass is 16.6. The lowest BCUT2D eigenvalue weighted by Crippen LogP contribution is -2.34. The molecule has 1 unspecified atom stereocenters. The predicted molar refractivity (Wildman–Crippen MR) is 80.4 cm³/mol. The van der Waals surface area contributed by atoms with Crippen LogP contribution in [0.25, 0.3) is 11.1 Å². The monoisotopic (exact) mass is 292 g/mol. The molecule has 1 N–H and O–H groups in total. The van der Waals surface area contributed by atoms with E-state index in [1.54, 1.807) is 32.2 Å². The second-order valence-electron chi connectivity index (χ2n) is 6.01. The number of carbonyl (C=O) groups is 1. The number of anilines is 1. The average Bonchev–Trinajstić information content (AvgIpc) is 2.63. The zero-order valence-electron chi connectivity index (χ0n) is 12.9. The Balaban J connectivity index is 2.18. The van der Waals surface area contributed by atoms with E-state index >= 15 is 0 Å². The van der Waals surface area contributed by atoms with Crippen molar-refractivity contribution < 1.29 is 13.9 Å². The molecule has 0 saturated carbocycles. The van der Waals surface area contributed by atoms with Crippen molar-refractivity contribution in [1.82, 2.24) is 4.57 Å². The zero-order valence-corrected chi connectivity index (χ0v) is 12.9. The molecular weight excluding hydrogens is 272 g/mol. The van der Waals surface area contributed by atoms with Crippen LogP contribution in [-0.2, 0) is 16.6 Å². The molecule has 0 aliphatic carbocycles. The van der Waals surface area contributed by atoms with Gasteiger partial charge in [0.2, 0.25) is 0 Å². The molecule has 0 radical (unpaired) electrons. The van der Waals surface area contributed by atoms with Crippen molar-refractivity contribution >= 4 is 22.8 Å². The summed E-state index contributed by atoms with van der Waals surface area (Å²) in [4.78, 5) is 23.4. The first-order chi connectivity index (χ1) is 9.67. The van der Waals surface area contributed by atoms with E-state index in [0.717, 1.165) is 5.69 Å². The minimum absolute atomic E-state index is 0.330. The first-order valence-corrected chi connectivity index (χ1v) is 6.76. The van der Waals surface area contributed by atoms with Crippen LogP contribution in [0.2, 0.25) is 0 Å². The summed E-state index contributed by atoms with van der Waals surface area (Å²) in [7, 11) is 1.63. The van der Waals surface area contributed by atoms with Crippen LogP contribution in [0, 0.1) is 0 Å².